The molecule has 3 aromatic rings. The number of amides is 1. The van der Waals surface area contributed by atoms with Crippen LogP contribution in [0.25, 0.3) is 0 Å². The lowest BCUT2D eigenvalue weighted by Crippen LogP contribution is -2.32. The molecule has 0 bridgehead atoms. The summed E-state index contributed by atoms with van der Waals surface area (Å²) in [6.45, 7) is 5.37. The van der Waals surface area contributed by atoms with Crippen molar-refractivity contribution in [3.8, 4) is 11.8 Å². The second-order valence-corrected chi connectivity index (χ2v) is 8.10. The third-order valence-electron chi connectivity index (χ3n) is 5.92. The predicted molar refractivity (Wildman–Crippen MR) is 128 cm³/mol. The van der Waals surface area contributed by atoms with E-state index in [9.17, 15) is 19.6 Å². The summed E-state index contributed by atoms with van der Waals surface area (Å²) in [5, 5.41) is 15.3. The summed E-state index contributed by atoms with van der Waals surface area (Å²) >= 11 is 0. The van der Waals surface area contributed by atoms with Gasteiger partial charge in [-0.1, -0.05) is 6.07 Å². The van der Waals surface area contributed by atoms with E-state index >= 15 is 0 Å². The second-order valence-electron chi connectivity index (χ2n) is 8.10. The number of hydrogen-bond donors (Lipinski definition) is 4. The number of aryl methyl sites for hydroxylation is 2. The number of aromatic nitrogens is 2. The van der Waals surface area contributed by atoms with Gasteiger partial charge in [0.15, 0.2) is 0 Å². The van der Waals surface area contributed by atoms with Crippen LogP contribution in [-0.2, 0) is 4.79 Å². The molecule has 0 aliphatic carbocycles. The van der Waals surface area contributed by atoms with E-state index in [1.165, 1.54) is 19.4 Å². The molecular weight excluding hydrogens is 434 g/mol. The highest BCUT2D eigenvalue weighted by molar-refractivity contribution is 6.07. The summed E-state index contributed by atoms with van der Waals surface area (Å²) in [5.41, 5.74) is 3.92. The molecule has 1 unspecified atom stereocenters. The van der Waals surface area contributed by atoms with Crippen LogP contribution in [0.5, 0.6) is 5.75 Å². The summed E-state index contributed by atoms with van der Waals surface area (Å²) in [4.78, 5) is 43.8. The van der Waals surface area contributed by atoms with Crippen molar-refractivity contribution < 1.29 is 9.53 Å². The highest BCUT2D eigenvalue weighted by Gasteiger charge is 2.37. The molecule has 2 aromatic heterocycles. The van der Waals surface area contributed by atoms with Crippen LogP contribution in [0, 0.1) is 25.2 Å². The Hall–Kier alpha value is -4.58. The van der Waals surface area contributed by atoms with Gasteiger partial charge in [0.1, 0.15) is 5.75 Å². The van der Waals surface area contributed by atoms with Crippen molar-refractivity contribution >= 4 is 17.3 Å². The first-order chi connectivity index (χ1) is 16.2. The van der Waals surface area contributed by atoms with E-state index in [4.69, 9.17) is 4.74 Å². The average molecular weight is 457 g/mol. The minimum Gasteiger partial charge on any atom is -0.496 e. The van der Waals surface area contributed by atoms with Crippen molar-refractivity contribution in [2.45, 2.75) is 26.7 Å². The molecule has 0 saturated carbocycles. The number of rotatable bonds is 4. The van der Waals surface area contributed by atoms with Gasteiger partial charge in [0.2, 0.25) is 5.56 Å². The molecule has 1 amide bonds. The van der Waals surface area contributed by atoms with Crippen LogP contribution in [-0.4, -0.2) is 23.0 Å². The van der Waals surface area contributed by atoms with Crippen LogP contribution in [0.4, 0.5) is 11.4 Å². The van der Waals surface area contributed by atoms with E-state index in [-0.39, 0.29) is 11.1 Å². The number of H-pyrrole nitrogens is 2. The van der Waals surface area contributed by atoms with Gasteiger partial charge in [-0.25, -0.2) is 0 Å². The number of methoxy groups -OCH3 is 1. The van der Waals surface area contributed by atoms with Crippen LogP contribution < -0.4 is 26.5 Å². The van der Waals surface area contributed by atoms with Crippen LogP contribution >= 0.6 is 0 Å². The fourth-order valence-electron chi connectivity index (χ4n) is 4.21. The third-order valence-corrected chi connectivity index (χ3v) is 5.92. The van der Waals surface area contributed by atoms with Gasteiger partial charge in [-0.2, -0.15) is 5.26 Å². The lowest BCUT2D eigenvalue weighted by molar-refractivity contribution is -0.113. The molecule has 9 heteroatoms. The van der Waals surface area contributed by atoms with Gasteiger partial charge >= 0.3 is 0 Å². The van der Waals surface area contributed by atoms with Crippen LogP contribution in [0.1, 0.15) is 40.7 Å². The molecule has 9 nitrogen and oxygen atoms in total. The van der Waals surface area contributed by atoms with Crippen molar-refractivity contribution in [1.82, 2.24) is 9.97 Å². The molecule has 1 aliphatic rings. The fraction of sp³-hybridized carbons (Fsp3) is 0.200. The minimum absolute atomic E-state index is 0.297. The first-order valence-corrected chi connectivity index (χ1v) is 10.5. The van der Waals surface area contributed by atoms with Crippen molar-refractivity contribution in [1.29, 1.82) is 5.26 Å². The smallest absolute Gasteiger partial charge is 0.254 e. The zero-order valence-corrected chi connectivity index (χ0v) is 19.1. The standard InChI is InChI=1S/C25H23N5O4/c1-12-10-27-19(31)8-17(12)30-25(33)20-14(3)29-23-13(2)11-28-24(32)22(23)21(20)16-6-5-15(9-26)7-18(16)34-4/h5-8,10-11,21,29H,1-4H3,(H,28,32)(H2,27,30,31,33). The number of anilines is 2. The van der Waals surface area contributed by atoms with Gasteiger partial charge in [-0.15, -0.1) is 0 Å². The number of aromatic amines is 2. The maximum atomic E-state index is 13.6. The molecule has 1 aliphatic heterocycles. The number of nitrogens with one attached hydrogen (secondary N) is 4. The zero-order chi connectivity index (χ0) is 24.6. The Morgan fingerprint density at radius 3 is 2.53 bits per heavy atom. The van der Waals surface area contributed by atoms with Crippen LogP contribution in [0.3, 0.4) is 0 Å². The Balaban J connectivity index is 1.95. The monoisotopic (exact) mass is 457 g/mol. The molecule has 1 atom stereocenters. The van der Waals surface area contributed by atoms with Gasteiger partial charge in [0.25, 0.3) is 11.5 Å². The van der Waals surface area contributed by atoms with E-state index in [1.807, 2.05) is 6.92 Å². The van der Waals surface area contributed by atoms with Crippen molar-refractivity contribution in [3.63, 3.8) is 0 Å². The van der Waals surface area contributed by atoms with Gasteiger partial charge in [-0.05, 0) is 44.0 Å². The second kappa shape index (κ2) is 8.75. The number of allylic oxidation sites excluding steroid dienone is 1. The summed E-state index contributed by atoms with van der Waals surface area (Å²) in [5.74, 6) is -0.880. The number of benzene rings is 1. The Morgan fingerprint density at radius 2 is 1.82 bits per heavy atom. The number of carbonyl (C=O) groups excluding carboxylic acids is 1. The topological polar surface area (TPSA) is 140 Å². The van der Waals surface area contributed by atoms with E-state index in [0.717, 1.165) is 5.56 Å². The van der Waals surface area contributed by atoms with Crippen molar-refractivity contribution in [2.75, 3.05) is 17.7 Å². The number of pyridine rings is 2. The maximum Gasteiger partial charge on any atom is 0.254 e. The number of hydrogen-bond acceptors (Lipinski definition) is 6. The molecule has 0 radical (unpaired) electrons. The van der Waals surface area contributed by atoms with Crippen LogP contribution in [0.2, 0.25) is 0 Å². The van der Waals surface area contributed by atoms with Gasteiger partial charge < -0.3 is 25.3 Å². The molecule has 0 fully saturated rings. The van der Waals surface area contributed by atoms with E-state index in [1.54, 1.807) is 38.2 Å². The van der Waals surface area contributed by atoms with Gasteiger partial charge in [0, 0.05) is 35.3 Å². The average Bonchev–Trinajstić information content (AvgIpc) is 2.82. The molecule has 4 N–H and O–H groups in total. The molecule has 3 heterocycles. The summed E-state index contributed by atoms with van der Waals surface area (Å²) in [6, 6.07) is 8.27. The third kappa shape index (κ3) is 3.86. The van der Waals surface area contributed by atoms with Crippen molar-refractivity contribution in [2.24, 2.45) is 0 Å². The first-order valence-electron chi connectivity index (χ1n) is 10.5. The SMILES string of the molecule is COc1cc(C#N)ccc1C1C(C(=O)Nc2cc(=O)[nH]cc2C)=C(C)Nc2c(C)c[nH]c(=O)c21. The lowest BCUT2D eigenvalue weighted by atomic mass is 9.79. The summed E-state index contributed by atoms with van der Waals surface area (Å²) in [6.07, 6.45) is 3.13. The molecule has 172 valence electrons. The maximum absolute atomic E-state index is 13.6. The summed E-state index contributed by atoms with van der Waals surface area (Å²) in [7, 11) is 1.47. The van der Waals surface area contributed by atoms with Crippen molar-refractivity contribution in [3.05, 3.63) is 96.5 Å². The normalized spacial score (nSPS) is 14.6. The minimum atomic E-state index is -0.787. The largest absolute Gasteiger partial charge is 0.496 e. The quantitative estimate of drug-likeness (QED) is 0.475. The molecule has 4 rings (SSSR count). The number of carbonyl (C=O) groups is 1. The lowest BCUT2D eigenvalue weighted by Gasteiger charge is -2.31. The molecule has 34 heavy (non-hydrogen) atoms. The number of nitriles is 1. The highest BCUT2D eigenvalue weighted by atomic mass is 16.5. The van der Waals surface area contributed by atoms with E-state index < -0.39 is 11.8 Å². The van der Waals surface area contributed by atoms with Gasteiger partial charge in [-0.3, -0.25) is 14.4 Å². The Morgan fingerprint density at radius 1 is 1.09 bits per heavy atom. The number of ether oxygens (including phenoxy) is 1. The molecule has 0 saturated heterocycles. The highest BCUT2D eigenvalue weighted by Crippen LogP contribution is 2.44. The number of nitrogens with zero attached hydrogens (tertiary/aromatic N) is 1. The number of fused-ring (bicyclic) bond motifs is 1. The predicted octanol–water partition coefficient (Wildman–Crippen LogP) is 3.03. The fourth-order valence-corrected chi connectivity index (χ4v) is 4.21. The molecule has 0 spiro atoms. The Kier molecular flexibility index (Phi) is 5.82. The van der Waals surface area contributed by atoms with E-state index in [0.29, 0.717) is 50.6 Å². The molecule has 1 aromatic carbocycles. The zero-order valence-electron chi connectivity index (χ0n) is 19.1. The first kappa shape index (κ1) is 22.6. The van der Waals surface area contributed by atoms with Gasteiger partial charge in [0.05, 0.1) is 41.6 Å². The molecular formula is C25H23N5O4. The Bertz CT molecular complexity index is 1510. The summed E-state index contributed by atoms with van der Waals surface area (Å²) < 4.78 is 5.56. The van der Waals surface area contributed by atoms with E-state index in [2.05, 4.69) is 26.7 Å². The Labute approximate surface area is 195 Å². The van der Waals surface area contributed by atoms with Crippen LogP contribution in [0.15, 0.2) is 57.5 Å².